The van der Waals surface area contributed by atoms with E-state index >= 15 is 0 Å². The van der Waals surface area contributed by atoms with Gasteiger partial charge in [0.1, 0.15) is 22.5 Å². The van der Waals surface area contributed by atoms with E-state index < -0.39 is 29.2 Å². The Hall–Kier alpha value is -6.68. The zero-order valence-corrected chi connectivity index (χ0v) is 32.3. The number of carbonyl (C=O) groups is 2. The third-order valence-corrected chi connectivity index (χ3v) is 7.60. The second-order valence-corrected chi connectivity index (χ2v) is 14.6. The number of aromatic nitrogens is 8. The van der Waals surface area contributed by atoms with Gasteiger partial charge >= 0.3 is 12.2 Å². The van der Waals surface area contributed by atoms with Crippen LogP contribution in [0.2, 0.25) is 5.28 Å². The topological polar surface area (TPSA) is 177 Å². The Morgan fingerprint density at radius 3 is 1.70 bits per heavy atom. The number of nitrogens with one attached hydrogen (secondary N) is 2. The van der Waals surface area contributed by atoms with Gasteiger partial charge in [-0.25, -0.2) is 28.9 Å². The van der Waals surface area contributed by atoms with Crippen LogP contribution >= 0.6 is 11.6 Å². The van der Waals surface area contributed by atoms with Gasteiger partial charge in [0, 0.05) is 41.0 Å². The largest absolute Gasteiger partial charge is 0.459 e. The smallest absolute Gasteiger partial charge is 0.435 e. The zero-order chi connectivity index (χ0) is 40.2. The van der Waals surface area contributed by atoms with Gasteiger partial charge in [0.15, 0.2) is 23.0 Å². The molecule has 0 unspecified atom stereocenters. The molecule has 5 aromatic heterocycles. The van der Waals surface area contributed by atoms with Crippen LogP contribution in [0.25, 0.3) is 33.4 Å². The van der Waals surface area contributed by atoms with Crippen LogP contribution < -0.4 is 10.6 Å². The van der Waals surface area contributed by atoms with Gasteiger partial charge in [0.2, 0.25) is 5.28 Å². The summed E-state index contributed by atoms with van der Waals surface area (Å²) in [7, 11) is 0. The molecule has 0 saturated heterocycles. The van der Waals surface area contributed by atoms with Crippen molar-refractivity contribution in [3.8, 4) is 22.3 Å². The Balaban J connectivity index is 0.000000190. The summed E-state index contributed by atoms with van der Waals surface area (Å²) in [4.78, 5) is 40.3. The Morgan fingerprint density at radius 1 is 0.696 bits per heavy atom. The van der Waals surface area contributed by atoms with E-state index in [0.717, 1.165) is 38.8 Å². The monoisotopic (exact) mass is 780 g/mol. The summed E-state index contributed by atoms with van der Waals surface area (Å²) in [5.74, 6) is 0.553. The number of furan rings is 1. The second kappa shape index (κ2) is 16.0. The summed E-state index contributed by atoms with van der Waals surface area (Å²) in [6, 6.07) is 16.5. The molecule has 7 rings (SSSR count). The van der Waals surface area contributed by atoms with Crippen LogP contribution in [0, 0.1) is 12.7 Å². The Bertz CT molecular complexity index is 2480. The molecule has 17 heteroatoms. The first-order valence-corrected chi connectivity index (χ1v) is 17.6. The van der Waals surface area contributed by atoms with Crippen LogP contribution in [0.15, 0.2) is 96.3 Å². The number of anilines is 4. The summed E-state index contributed by atoms with van der Waals surface area (Å²) in [5, 5.41) is 14.4. The maximum Gasteiger partial charge on any atom is 0.435 e. The number of nitrogens with zero attached hydrogens (tertiary/aromatic N) is 8. The Kier molecular flexibility index (Phi) is 11.1. The highest BCUT2D eigenvalue weighted by Gasteiger charge is 2.20. The van der Waals surface area contributed by atoms with Crippen molar-refractivity contribution in [2.45, 2.75) is 59.7 Å². The normalized spacial score (nSPS) is 11.4. The fourth-order valence-corrected chi connectivity index (χ4v) is 5.16. The van der Waals surface area contributed by atoms with E-state index in [1.54, 1.807) is 70.7 Å². The lowest BCUT2D eigenvalue weighted by Gasteiger charge is -2.18. The molecule has 0 aliphatic heterocycles. The molecular formula is C39H38ClFN10O5. The molecule has 0 spiro atoms. The molecule has 7 aromatic rings. The number of benzene rings is 2. The van der Waals surface area contributed by atoms with Gasteiger partial charge in [0.05, 0.1) is 24.9 Å². The van der Waals surface area contributed by atoms with Crippen molar-refractivity contribution in [3.05, 3.63) is 109 Å². The Morgan fingerprint density at radius 2 is 1.20 bits per heavy atom. The third-order valence-electron chi connectivity index (χ3n) is 7.43. The van der Waals surface area contributed by atoms with Crippen LogP contribution in [-0.2, 0) is 9.47 Å². The molecule has 0 amide bonds. The predicted octanol–water partition coefficient (Wildman–Crippen LogP) is 9.58. The molecule has 0 radical (unpaired) electrons. The summed E-state index contributed by atoms with van der Waals surface area (Å²) in [5.41, 5.74) is 4.75. The highest BCUT2D eigenvalue weighted by molar-refractivity contribution is 6.28. The van der Waals surface area contributed by atoms with Crippen molar-refractivity contribution in [3.63, 3.8) is 0 Å². The van der Waals surface area contributed by atoms with E-state index in [9.17, 15) is 14.0 Å². The minimum Gasteiger partial charge on any atom is -0.459 e. The molecule has 0 saturated carbocycles. The van der Waals surface area contributed by atoms with E-state index in [1.165, 1.54) is 10.9 Å². The second-order valence-electron chi connectivity index (χ2n) is 14.3. The molecular weight excluding hydrogens is 743 g/mol. The highest BCUT2D eigenvalue weighted by atomic mass is 35.5. The van der Waals surface area contributed by atoms with Crippen molar-refractivity contribution in [2.24, 2.45) is 0 Å². The lowest BCUT2D eigenvalue weighted by atomic mass is 10.1. The molecule has 0 aliphatic rings. The first-order chi connectivity index (χ1) is 26.5. The molecule has 2 N–H and O–H groups in total. The summed E-state index contributed by atoms with van der Waals surface area (Å²) >= 11 is 5.97. The zero-order valence-electron chi connectivity index (χ0n) is 31.5. The van der Waals surface area contributed by atoms with Crippen molar-refractivity contribution in [1.82, 2.24) is 39.5 Å². The molecule has 2 aromatic carbocycles. The standard InChI is InChI=1S/C20H18ClN5O3.C19H20FN5O2/c1-20(2,3)29-19(27)26-11-13(10-22-26)12-4-6-14(7-5-12)23-17-16-15(8-9-28-16)24-18(21)25-17;1-12-21-10-16(20)17(23-12)24-15-7-5-13(6-8-15)14-9-22-25(11-14)18(26)27-19(2,3)4/h4-11H,1-3H3,(H,23,24,25);5-11H,1-4H3,(H,21,23,24). The quantitative estimate of drug-likeness (QED) is 0.153. The molecule has 0 fully saturated rings. The third kappa shape index (κ3) is 10.1. The minimum atomic E-state index is -0.592. The van der Waals surface area contributed by atoms with E-state index in [-0.39, 0.29) is 11.1 Å². The van der Waals surface area contributed by atoms with Gasteiger partial charge < -0.3 is 24.5 Å². The lowest BCUT2D eigenvalue weighted by molar-refractivity contribution is 0.0503. The van der Waals surface area contributed by atoms with Crippen LogP contribution in [0.5, 0.6) is 0 Å². The molecule has 0 bridgehead atoms. The molecule has 288 valence electrons. The number of rotatable bonds is 6. The van der Waals surface area contributed by atoms with Gasteiger partial charge in [-0.1, -0.05) is 24.3 Å². The van der Waals surface area contributed by atoms with Crippen molar-refractivity contribution in [1.29, 1.82) is 0 Å². The molecule has 0 atom stereocenters. The number of fused-ring (bicyclic) bond motifs is 1. The Labute approximate surface area is 325 Å². The first kappa shape index (κ1) is 39.0. The number of aryl methyl sites for hydroxylation is 1. The lowest BCUT2D eigenvalue weighted by Crippen LogP contribution is -2.27. The number of halogens is 2. The van der Waals surface area contributed by atoms with E-state index in [2.05, 4.69) is 40.8 Å². The first-order valence-electron chi connectivity index (χ1n) is 17.2. The summed E-state index contributed by atoms with van der Waals surface area (Å²) < 4.78 is 32.1. The number of ether oxygens (including phenoxy) is 2. The van der Waals surface area contributed by atoms with Gasteiger partial charge in [-0.3, -0.25) is 0 Å². The van der Waals surface area contributed by atoms with Crippen molar-refractivity contribution < 1.29 is 27.9 Å². The van der Waals surface area contributed by atoms with Gasteiger partial charge in [-0.2, -0.15) is 24.5 Å². The minimum absolute atomic E-state index is 0.119. The van der Waals surface area contributed by atoms with Gasteiger partial charge in [-0.15, -0.1) is 0 Å². The SMILES string of the molecule is CC(C)(C)OC(=O)n1cc(-c2ccc(Nc3nc(Cl)nc4ccoc34)cc2)cn1.Cc1ncc(F)c(Nc2ccc(-c3cnn(C(=O)OC(C)(C)C)c3)cc2)n1. The number of hydrogen-bond acceptors (Lipinski definition) is 13. The van der Waals surface area contributed by atoms with Crippen LogP contribution in [0.3, 0.4) is 0 Å². The molecule has 56 heavy (non-hydrogen) atoms. The van der Waals surface area contributed by atoms with Crippen LogP contribution in [0.4, 0.5) is 37.0 Å². The average molecular weight is 781 g/mol. The van der Waals surface area contributed by atoms with Gasteiger partial charge in [0.25, 0.3) is 0 Å². The van der Waals surface area contributed by atoms with E-state index in [0.29, 0.717) is 28.4 Å². The molecule has 15 nitrogen and oxygen atoms in total. The van der Waals surface area contributed by atoms with E-state index in [1.807, 2.05) is 57.2 Å². The van der Waals surface area contributed by atoms with Crippen molar-refractivity contribution >= 4 is 57.9 Å². The van der Waals surface area contributed by atoms with Gasteiger partial charge in [-0.05, 0) is 95.5 Å². The van der Waals surface area contributed by atoms with Crippen LogP contribution in [0.1, 0.15) is 47.4 Å². The summed E-state index contributed by atoms with van der Waals surface area (Å²) in [6.45, 7) is 12.5. The predicted molar refractivity (Wildman–Crippen MR) is 209 cm³/mol. The van der Waals surface area contributed by atoms with Crippen LogP contribution in [-0.4, -0.2) is 62.9 Å². The maximum absolute atomic E-state index is 13.8. The fourth-order valence-electron chi connectivity index (χ4n) is 4.99. The highest BCUT2D eigenvalue weighted by Crippen LogP contribution is 2.28. The number of carbonyl (C=O) groups excluding carboxylic acids is 2. The fraction of sp³-hybridized carbons (Fsp3) is 0.231. The molecule has 0 aliphatic carbocycles. The number of hydrogen-bond donors (Lipinski definition) is 2. The summed E-state index contributed by atoms with van der Waals surface area (Å²) in [6.07, 6.45) is 8.03. The van der Waals surface area contributed by atoms with Crippen molar-refractivity contribution in [2.75, 3.05) is 10.6 Å². The maximum atomic E-state index is 13.8. The average Bonchev–Trinajstić information content (AvgIpc) is 3.91. The van der Waals surface area contributed by atoms with E-state index in [4.69, 9.17) is 25.5 Å². The molecule has 5 heterocycles.